The van der Waals surface area contributed by atoms with Crippen LogP contribution in [0.4, 0.5) is 0 Å². The Labute approximate surface area is 205 Å². The maximum Gasteiger partial charge on any atom is 0.269 e. The van der Waals surface area contributed by atoms with Crippen LogP contribution >= 0.6 is 0 Å². The molecule has 0 aliphatic heterocycles. The average Bonchev–Trinajstić information content (AvgIpc) is 2.85. The summed E-state index contributed by atoms with van der Waals surface area (Å²) < 4.78 is 32.1. The van der Waals surface area contributed by atoms with Crippen molar-refractivity contribution in [2.24, 2.45) is 5.92 Å². The van der Waals surface area contributed by atoms with Crippen molar-refractivity contribution in [2.75, 3.05) is 26.8 Å². The monoisotopic (exact) mass is 504 g/mol. The first-order chi connectivity index (χ1) is 16.7. The Balaban J connectivity index is 1.93. The third-order valence-corrected chi connectivity index (χ3v) is 6.73. The van der Waals surface area contributed by atoms with Gasteiger partial charge in [-0.2, -0.15) is 0 Å². The lowest BCUT2D eigenvalue weighted by Gasteiger charge is -2.13. The van der Waals surface area contributed by atoms with E-state index in [1.165, 1.54) is 31.4 Å². The third-order valence-electron chi connectivity index (χ3n) is 5.38. The van der Waals surface area contributed by atoms with E-state index in [0.717, 1.165) is 24.6 Å². The zero-order chi connectivity index (χ0) is 25.8. The van der Waals surface area contributed by atoms with Crippen LogP contribution in [0.1, 0.15) is 53.1 Å². The van der Waals surface area contributed by atoms with Crippen molar-refractivity contribution < 1.29 is 27.5 Å². The lowest BCUT2D eigenvalue weighted by atomic mass is 10.0. The molecule has 0 saturated heterocycles. The van der Waals surface area contributed by atoms with Gasteiger partial charge in [0.15, 0.2) is 0 Å². The first-order valence-electron chi connectivity index (χ1n) is 11.4. The van der Waals surface area contributed by atoms with Crippen LogP contribution in [0.15, 0.2) is 47.5 Å². The second-order valence-corrected chi connectivity index (χ2v) is 9.50. The molecule has 3 amide bonds. The number of methoxy groups -OCH3 is 1. The van der Waals surface area contributed by atoms with Gasteiger partial charge in [-0.05, 0) is 49.1 Å². The van der Waals surface area contributed by atoms with Crippen LogP contribution in [-0.4, -0.2) is 57.9 Å². The molecule has 3 N–H and O–H groups in total. The summed E-state index contributed by atoms with van der Waals surface area (Å²) in [5, 5.41) is 5.49. The number of hydrogen-bond donors (Lipinski definition) is 3. The van der Waals surface area contributed by atoms with Gasteiger partial charge in [-0.3, -0.25) is 19.4 Å². The van der Waals surface area contributed by atoms with E-state index in [1.54, 1.807) is 12.1 Å². The Bertz CT molecular complexity index is 1100. The summed E-state index contributed by atoms with van der Waals surface area (Å²) in [4.78, 5) is 40.3. The highest BCUT2D eigenvalue weighted by molar-refractivity contribution is 7.90. The molecule has 1 aromatic heterocycles. The number of amides is 3. The molecule has 1 aromatic carbocycles. The van der Waals surface area contributed by atoms with E-state index < -0.39 is 21.8 Å². The number of rotatable bonds is 13. The predicted molar refractivity (Wildman–Crippen MR) is 130 cm³/mol. The Kier molecular flexibility index (Phi) is 10.8. The quantitative estimate of drug-likeness (QED) is 0.352. The number of benzene rings is 1. The number of nitrogens with zero attached hydrogens (tertiary/aromatic N) is 1. The van der Waals surface area contributed by atoms with Crippen molar-refractivity contribution in [3.8, 4) is 0 Å². The Morgan fingerprint density at radius 2 is 1.63 bits per heavy atom. The minimum Gasteiger partial charge on any atom is -0.383 e. The van der Waals surface area contributed by atoms with Crippen molar-refractivity contribution in [3.63, 3.8) is 0 Å². The van der Waals surface area contributed by atoms with Gasteiger partial charge in [-0.15, -0.1) is 0 Å². The van der Waals surface area contributed by atoms with Gasteiger partial charge in [0.05, 0.1) is 17.1 Å². The van der Waals surface area contributed by atoms with E-state index >= 15 is 0 Å². The molecule has 2 rings (SSSR count). The number of carbonyl (C=O) groups is 3. The molecule has 0 unspecified atom stereocenters. The highest BCUT2D eigenvalue weighted by Gasteiger charge is 2.20. The molecule has 0 fully saturated rings. The molecule has 0 aliphatic rings. The van der Waals surface area contributed by atoms with Crippen molar-refractivity contribution >= 4 is 27.7 Å². The van der Waals surface area contributed by atoms with Crippen LogP contribution in [0.2, 0.25) is 0 Å². The topological polar surface area (TPSA) is 144 Å². The predicted octanol–water partition coefficient (Wildman–Crippen LogP) is 1.67. The molecule has 190 valence electrons. The van der Waals surface area contributed by atoms with Gasteiger partial charge < -0.3 is 15.4 Å². The minimum atomic E-state index is -4.11. The Hall–Kier alpha value is -3.31. The first kappa shape index (κ1) is 27.9. The smallest absolute Gasteiger partial charge is 0.269 e. The van der Waals surface area contributed by atoms with Crippen LogP contribution in [0.3, 0.4) is 0 Å². The highest BCUT2D eigenvalue weighted by atomic mass is 32.2. The molecule has 11 heteroatoms. The molecule has 0 spiro atoms. The molecular formula is C24H32N4O6S. The summed E-state index contributed by atoms with van der Waals surface area (Å²) in [5.41, 5.74) is 0.933. The van der Waals surface area contributed by atoms with Crippen LogP contribution in [0, 0.1) is 5.92 Å². The van der Waals surface area contributed by atoms with E-state index in [4.69, 9.17) is 4.74 Å². The minimum absolute atomic E-state index is 0.00409. The average molecular weight is 505 g/mol. The fraction of sp³-hybridized carbons (Fsp3) is 0.417. The molecule has 10 nitrogen and oxygen atoms in total. The summed E-state index contributed by atoms with van der Waals surface area (Å²) in [7, 11) is -2.60. The fourth-order valence-electron chi connectivity index (χ4n) is 3.23. The molecule has 0 bridgehead atoms. The lowest BCUT2D eigenvalue weighted by Crippen LogP contribution is -2.32. The Morgan fingerprint density at radius 1 is 0.943 bits per heavy atom. The van der Waals surface area contributed by atoms with Crippen LogP contribution in [0.25, 0.3) is 0 Å². The molecule has 2 aromatic rings. The van der Waals surface area contributed by atoms with E-state index in [9.17, 15) is 22.8 Å². The molecule has 0 radical (unpaired) electrons. The van der Waals surface area contributed by atoms with Crippen molar-refractivity contribution in [1.82, 2.24) is 20.3 Å². The molecule has 35 heavy (non-hydrogen) atoms. The highest BCUT2D eigenvalue weighted by Crippen LogP contribution is 2.12. The van der Waals surface area contributed by atoms with Crippen molar-refractivity contribution in [1.29, 1.82) is 0 Å². The van der Waals surface area contributed by atoms with Gasteiger partial charge in [0.2, 0.25) is 5.91 Å². The van der Waals surface area contributed by atoms with E-state index in [-0.39, 0.29) is 28.0 Å². The molecule has 0 atom stereocenters. The van der Waals surface area contributed by atoms with Gasteiger partial charge in [0.1, 0.15) is 5.69 Å². The molecular weight excluding hydrogens is 472 g/mol. The van der Waals surface area contributed by atoms with Crippen molar-refractivity contribution in [2.45, 2.75) is 38.0 Å². The van der Waals surface area contributed by atoms with Crippen LogP contribution < -0.4 is 15.4 Å². The zero-order valence-electron chi connectivity index (χ0n) is 20.2. The molecule has 0 aliphatic carbocycles. The van der Waals surface area contributed by atoms with Crippen LogP contribution in [0.5, 0.6) is 0 Å². The summed E-state index contributed by atoms with van der Waals surface area (Å²) in [5.74, 6) is -1.28. The zero-order valence-corrected chi connectivity index (χ0v) is 21.0. The SMILES string of the molecule is CCC(CC)C(=O)NCCc1ccc(S(=O)(=O)NC(=O)c2ccc(C(=O)NCCOC)nc2)cc1. The summed E-state index contributed by atoms with van der Waals surface area (Å²) >= 11 is 0. The normalized spacial score (nSPS) is 11.2. The first-order valence-corrected chi connectivity index (χ1v) is 12.9. The number of aromatic nitrogens is 1. The number of nitrogens with one attached hydrogen (secondary N) is 3. The second kappa shape index (κ2) is 13.5. The largest absolute Gasteiger partial charge is 0.383 e. The summed E-state index contributed by atoms with van der Waals surface area (Å²) in [6.07, 6.45) is 3.25. The van der Waals surface area contributed by atoms with Gasteiger partial charge in [0, 0.05) is 32.3 Å². The van der Waals surface area contributed by atoms with Gasteiger partial charge in [0.25, 0.3) is 21.8 Å². The van der Waals surface area contributed by atoms with E-state index in [2.05, 4.69) is 15.6 Å². The summed E-state index contributed by atoms with van der Waals surface area (Å²) in [6, 6.07) is 8.74. The van der Waals surface area contributed by atoms with Gasteiger partial charge >= 0.3 is 0 Å². The van der Waals surface area contributed by atoms with Gasteiger partial charge in [-0.25, -0.2) is 13.1 Å². The Morgan fingerprint density at radius 3 is 2.20 bits per heavy atom. The molecule has 1 heterocycles. The fourth-order valence-corrected chi connectivity index (χ4v) is 4.20. The van der Waals surface area contributed by atoms with E-state index in [1.807, 2.05) is 18.6 Å². The second-order valence-electron chi connectivity index (χ2n) is 7.81. The standard InChI is InChI=1S/C24H32N4O6S/c1-4-18(5-2)22(29)25-13-12-17-6-9-20(10-7-17)35(32,33)28-23(30)19-8-11-21(27-16-19)24(31)26-14-15-34-3/h6-11,16,18H,4-5,12-15H2,1-3H3,(H,25,29)(H,26,31)(H,28,30). The number of hydrogen-bond acceptors (Lipinski definition) is 7. The number of ether oxygens (including phenoxy) is 1. The maximum atomic E-state index is 12.6. The van der Waals surface area contributed by atoms with E-state index in [0.29, 0.717) is 26.1 Å². The number of carbonyl (C=O) groups excluding carboxylic acids is 3. The van der Waals surface area contributed by atoms with Crippen LogP contribution in [-0.2, 0) is 26.0 Å². The van der Waals surface area contributed by atoms with Crippen molar-refractivity contribution in [3.05, 3.63) is 59.4 Å². The summed E-state index contributed by atoms with van der Waals surface area (Å²) in [6.45, 7) is 5.05. The number of pyridine rings is 1. The molecule has 0 saturated carbocycles. The van der Waals surface area contributed by atoms with Gasteiger partial charge in [-0.1, -0.05) is 26.0 Å². The number of sulfonamides is 1. The lowest BCUT2D eigenvalue weighted by molar-refractivity contribution is -0.125. The third kappa shape index (κ3) is 8.45. The maximum absolute atomic E-state index is 12.6.